The molecule has 0 spiro atoms. The van der Waals surface area contributed by atoms with Gasteiger partial charge in [0.1, 0.15) is 0 Å². The van der Waals surface area contributed by atoms with E-state index >= 15 is 0 Å². The number of benzene rings is 2. The van der Waals surface area contributed by atoms with Crippen molar-refractivity contribution in [2.75, 3.05) is 0 Å². The summed E-state index contributed by atoms with van der Waals surface area (Å²) >= 11 is 0. The van der Waals surface area contributed by atoms with E-state index in [2.05, 4.69) is 0 Å². The second-order valence-electron chi connectivity index (χ2n) is 4.13. The number of aliphatic hydroxyl groups is 2. The molecule has 0 aliphatic heterocycles. The van der Waals surface area contributed by atoms with Crippen LogP contribution in [0.2, 0.25) is 0 Å². The number of hydrogen-bond acceptors (Lipinski definition) is 2. The predicted molar refractivity (Wildman–Crippen MR) is 73.7 cm³/mol. The maximum Gasteiger partial charge on any atom is 0.0681 e. The molecule has 2 rings (SSSR count). The lowest BCUT2D eigenvalue weighted by molar-refractivity contribution is 0.281. The Morgan fingerprint density at radius 1 is 0.611 bits per heavy atom. The first-order valence-electron chi connectivity index (χ1n) is 5.89. The van der Waals surface area contributed by atoms with Crippen LogP contribution in [0.15, 0.2) is 48.5 Å². The highest BCUT2D eigenvalue weighted by molar-refractivity contribution is 5.69. The smallest absolute Gasteiger partial charge is 0.0681 e. The Kier molecular flexibility index (Phi) is 4.29. The van der Waals surface area contributed by atoms with E-state index in [-0.39, 0.29) is 13.2 Å². The van der Waals surface area contributed by atoms with E-state index in [1.165, 1.54) is 0 Å². The Labute approximate surface area is 107 Å². The number of rotatable bonds is 4. The predicted octanol–water partition coefficient (Wildman–Crippen LogP) is 2.84. The summed E-state index contributed by atoms with van der Waals surface area (Å²) in [5.41, 5.74) is 4.02. The van der Waals surface area contributed by atoms with Gasteiger partial charge in [-0.3, -0.25) is 0 Å². The van der Waals surface area contributed by atoms with Crippen LogP contribution in [0.4, 0.5) is 0 Å². The van der Waals surface area contributed by atoms with E-state index in [9.17, 15) is 0 Å². The van der Waals surface area contributed by atoms with Crippen LogP contribution in [-0.4, -0.2) is 10.2 Å². The first-order chi connectivity index (χ1) is 8.81. The van der Waals surface area contributed by atoms with Crippen LogP contribution in [0, 0.1) is 0 Å². The summed E-state index contributed by atoms with van der Waals surface area (Å²) in [6.45, 7) is 0.152. The number of hydrogen-bond donors (Lipinski definition) is 2. The largest absolute Gasteiger partial charge is 0.392 e. The molecule has 0 heterocycles. The monoisotopic (exact) mass is 240 g/mol. The maximum absolute atomic E-state index is 8.95. The topological polar surface area (TPSA) is 40.5 Å². The average Bonchev–Trinajstić information content (AvgIpc) is 2.46. The second-order valence-corrected chi connectivity index (χ2v) is 4.13. The van der Waals surface area contributed by atoms with Crippen molar-refractivity contribution in [3.05, 3.63) is 70.8 Å². The van der Waals surface area contributed by atoms with Crippen molar-refractivity contribution < 1.29 is 10.2 Å². The van der Waals surface area contributed by atoms with Crippen molar-refractivity contribution in [2.45, 2.75) is 13.2 Å². The van der Waals surface area contributed by atoms with Gasteiger partial charge in [0.25, 0.3) is 0 Å². The third kappa shape index (κ3) is 3.29. The molecule has 0 aliphatic rings. The summed E-state index contributed by atoms with van der Waals surface area (Å²) in [5, 5.41) is 17.9. The Balaban J connectivity index is 2.08. The van der Waals surface area contributed by atoms with Gasteiger partial charge in [-0.25, -0.2) is 0 Å². The zero-order chi connectivity index (χ0) is 12.8. The van der Waals surface area contributed by atoms with Crippen molar-refractivity contribution in [3.8, 4) is 0 Å². The molecule has 0 aromatic heterocycles. The molecular formula is C16H16O2. The summed E-state index contributed by atoms with van der Waals surface area (Å²) in [4.78, 5) is 0. The van der Waals surface area contributed by atoms with Crippen molar-refractivity contribution in [1.82, 2.24) is 0 Å². The lowest BCUT2D eigenvalue weighted by Gasteiger charge is -1.98. The van der Waals surface area contributed by atoms with Gasteiger partial charge >= 0.3 is 0 Å². The summed E-state index contributed by atoms with van der Waals surface area (Å²) in [5.74, 6) is 0. The minimum atomic E-state index is 0.0760. The van der Waals surface area contributed by atoms with Crippen molar-refractivity contribution in [3.63, 3.8) is 0 Å². The molecule has 0 amide bonds. The van der Waals surface area contributed by atoms with E-state index in [4.69, 9.17) is 10.2 Å². The van der Waals surface area contributed by atoms with E-state index in [0.717, 1.165) is 22.3 Å². The van der Waals surface area contributed by atoms with Gasteiger partial charge in [0, 0.05) is 0 Å². The van der Waals surface area contributed by atoms with Gasteiger partial charge in [-0.1, -0.05) is 60.7 Å². The minimum Gasteiger partial charge on any atom is -0.392 e. The van der Waals surface area contributed by atoms with Crippen molar-refractivity contribution in [1.29, 1.82) is 0 Å². The van der Waals surface area contributed by atoms with E-state index in [1.807, 2.05) is 60.7 Å². The van der Waals surface area contributed by atoms with Crippen molar-refractivity contribution in [2.24, 2.45) is 0 Å². The van der Waals surface area contributed by atoms with Gasteiger partial charge in [0.15, 0.2) is 0 Å². The first-order valence-corrected chi connectivity index (χ1v) is 5.89. The van der Waals surface area contributed by atoms with E-state index < -0.39 is 0 Å². The fourth-order valence-corrected chi connectivity index (χ4v) is 1.66. The van der Waals surface area contributed by atoms with Crippen LogP contribution in [0.1, 0.15) is 22.3 Å². The average molecular weight is 240 g/mol. The Hall–Kier alpha value is -1.90. The highest BCUT2D eigenvalue weighted by atomic mass is 16.3. The summed E-state index contributed by atoms with van der Waals surface area (Å²) in [6, 6.07) is 15.6. The standard InChI is InChI=1S/C16H16O2/c17-11-15-7-3-13(4-8-15)1-2-14-5-9-16(12-18)10-6-14/h1-10,17-18H,11-12H2. The molecule has 2 heteroatoms. The van der Waals surface area contributed by atoms with Gasteiger partial charge in [-0.15, -0.1) is 0 Å². The zero-order valence-corrected chi connectivity index (χ0v) is 10.1. The fraction of sp³-hybridized carbons (Fsp3) is 0.125. The second kappa shape index (κ2) is 6.15. The molecule has 0 fully saturated rings. The van der Waals surface area contributed by atoms with Gasteiger partial charge < -0.3 is 10.2 Å². The molecule has 0 unspecified atom stereocenters. The van der Waals surface area contributed by atoms with Crippen LogP contribution < -0.4 is 0 Å². The molecule has 92 valence electrons. The normalized spacial score (nSPS) is 11.0. The Bertz CT molecular complexity index is 460. The fourth-order valence-electron chi connectivity index (χ4n) is 1.66. The molecule has 18 heavy (non-hydrogen) atoms. The van der Waals surface area contributed by atoms with Gasteiger partial charge in [0.2, 0.25) is 0 Å². The highest BCUT2D eigenvalue weighted by Crippen LogP contribution is 2.11. The lowest BCUT2D eigenvalue weighted by atomic mass is 10.1. The van der Waals surface area contributed by atoms with Crippen LogP contribution in [-0.2, 0) is 13.2 Å². The molecule has 0 atom stereocenters. The third-order valence-electron chi connectivity index (χ3n) is 2.79. The number of aliphatic hydroxyl groups excluding tert-OH is 2. The van der Waals surface area contributed by atoms with Crippen LogP contribution >= 0.6 is 0 Å². The molecule has 0 radical (unpaired) electrons. The van der Waals surface area contributed by atoms with Gasteiger partial charge in [0.05, 0.1) is 13.2 Å². The molecular weight excluding hydrogens is 224 g/mol. The highest BCUT2D eigenvalue weighted by Gasteiger charge is 1.92. The molecule has 0 aliphatic carbocycles. The molecule has 2 aromatic rings. The van der Waals surface area contributed by atoms with Crippen LogP contribution in [0.25, 0.3) is 12.2 Å². The quantitative estimate of drug-likeness (QED) is 0.807. The van der Waals surface area contributed by atoms with Crippen molar-refractivity contribution >= 4 is 12.2 Å². The molecule has 2 nitrogen and oxygen atoms in total. The van der Waals surface area contributed by atoms with Gasteiger partial charge in [-0.05, 0) is 22.3 Å². The third-order valence-corrected chi connectivity index (χ3v) is 2.79. The summed E-state index contributed by atoms with van der Waals surface area (Å²) in [6.07, 6.45) is 4.05. The molecule has 2 aromatic carbocycles. The lowest BCUT2D eigenvalue weighted by Crippen LogP contribution is -1.82. The van der Waals surface area contributed by atoms with Crippen LogP contribution in [0.5, 0.6) is 0 Å². The molecule has 0 saturated heterocycles. The van der Waals surface area contributed by atoms with Gasteiger partial charge in [-0.2, -0.15) is 0 Å². The van der Waals surface area contributed by atoms with Crippen LogP contribution in [0.3, 0.4) is 0 Å². The Morgan fingerprint density at radius 3 is 1.22 bits per heavy atom. The van der Waals surface area contributed by atoms with E-state index in [1.54, 1.807) is 0 Å². The SMILES string of the molecule is OCc1ccc(C=Cc2ccc(CO)cc2)cc1. The Morgan fingerprint density at radius 2 is 0.944 bits per heavy atom. The molecule has 0 bridgehead atoms. The van der Waals surface area contributed by atoms with E-state index in [0.29, 0.717) is 0 Å². The maximum atomic E-state index is 8.95. The minimum absolute atomic E-state index is 0.0760. The zero-order valence-electron chi connectivity index (χ0n) is 10.1. The molecule has 0 saturated carbocycles. The molecule has 2 N–H and O–H groups in total. The summed E-state index contributed by atoms with van der Waals surface area (Å²) < 4.78 is 0. The summed E-state index contributed by atoms with van der Waals surface area (Å²) in [7, 11) is 0. The first kappa shape index (κ1) is 12.6.